The fourth-order valence-corrected chi connectivity index (χ4v) is 1.04. The second-order valence-corrected chi connectivity index (χ2v) is 3.64. The molecule has 0 aromatic heterocycles. The summed E-state index contributed by atoms with van der Waals surface area (Å²) in [6.45, 7) is 3.87. The molecule has 0 aliphatic heterocycles. The maximum Gasteiger partial charge on any atom is 0.309 e. The normalized spacial score (nSPS) is 12.0. The highest BCUT2D eigenvalue weighted by Gasteiger charge is 2.24. The molecule has 16 heavy (non-hydrogen) atoms. The molecule has 0 heterocycles. The van der Waals surface area contributed by atoms with Crippen LogP contribution in [-0.4, -0.2) is 36.9 Å². The van der Waals surface area contributed by atoms with Gasteiger partial charge in [0.2, 0.25) is 5.91 Å². The minimum atomic E-state index is -0.883. The second-order valence-electron chi connectivity index (χ2n) is 3.64. The van der Waals surface area contributed by atoms with Crippen molar-refractivity contribution in [3.63, 3.8) is 0 Å². The van der Waals surface area contributed by atoms with Crippen LogP contribution in [0.3, 0.4) is 0 Å². The van der Waals surface area contributed by atoms with Gasteiger partial charge in [-0.3, -0.25) is 14.4 Å². The summed E-state index contributed by atoms with van der Waals surface area (Å²) in [5.41, 5.74) is 10.2. The maximum atomic E-state index is 11.3. The molecule has 7 heteroatoms. The van der Waals surface area contributed by atoms with Gasteiger partial charge < -0.3 is 22.1 Å². The molecule has 1 unspecified atom stereocenters. The van der Waals surface area contributed by atoms with Gasteiger partial charge in [-0.05, 0) is 5.92 Å². The van der Waals surface area contributed by atoms with E-state index in [4.69, 9.17) is 11.5 Å². The SMILES string of the molecule is CC(C)C(NC(=O)C(=O)NCCN)C(N)=O. The number of rotatable bonds is 5. The van der Waals surface area contributed by atoms with Crippen LogP contribution in [0.5, 0.6) is 0 Å². The molecule has 0 spiro atoms. The first-order valence-corrected chi connectivity index (χ1v) is 4.98. The van der Waals surface area contributed by atoms with Crippen LogP contribution >= 0.6 is 0 Å². The minimum absolute atomic E-state index is 0.177. The monoisotopic (exact) mass is 230 g/mol. The lowest BCUT2D eigenvalue weighted by atomic mass is 10.0. The van der Waals surface area contributed by atoms with Gasteiger partial charge in [0.05, 0.1) is 0 Å². The summed E-state index contributed by atoms with van der Waals surface area (Å²) < 4.78 is 0. The summed E-state index contributed by atoms with van der Waals surface area (Å²) in [4.78, 5) is 33.4. The molecule has 0 aromatic rings. The van der Waals surface area contributed by atoms with Gasteiger partial charge in [-0.1, -0.05) is 13.8 Å². The highest BCUT2D eigenvalue weighted by atomic mass is 16.2. The zero-order valence-corrected chi connectivity index (χ0v) is 9.45. The number of carbonyl (C=O) groups excluding carboxylic acids is 3. The van der Waals surface area contributed by atoms with Gasteiger partial charge >= 0.3 is 11.8 Å². The van der Waals surface area contributed by atoms with Crippen LogP contribution in [0.1, 0.15) is 13.8 Å². The van der Waals surface area contributed by atoms with Gasteiger partial charge in [-0.25, -0.2) is 0 Å². The van der Waals surface area contributed by atoms with E-state index in [0.717, 1.165) is 0 Å². The molecule has 0 saturated carbocycles. The van der Waals surface area contributed by atoms with Crippen molar-refractivity contribution in [1.82, 2.24) is 10.6 Å². The standard InChI is InChI=1S/C9H18N4O3/c1-5(2)6(7(11)14)13-9(16)8(15)12-4-3-10/h5-6H,3-4,10H2,1-2H3,(H2,11,14)(H,12,15)(H,13,16). The van der Waals surface area contributed by atoms with E-state index in [2.05, 4.69) is 10.6 Å². The average molecular weight is 230 g/mol. The third-order valence-corrected chi connectivity index (χ3v) is 1.90. The molecule has 0 radical (unpaired) electrons. The molecule has 1 atom stereocenters. The van der Waals surface area contributed by atoms with Gasteiger partial charge in [0.15, 0.2) is 0 Å². The molecule has 0 saturated heterocycles. The first-order valence-electron chi connectivity index (χ1n) is 4.98. The van der Waals surface area contributed by atoms with E-state index in [-0.39, 0.29) is 19.0 Å². The summed E-state index contributed by atoms with van der Waals surface area (Å²) in [7, 11) is 0. The van der Waals surface area contributed by atoms with Crippen LogP contribution in [0.2, 0.25) is 0 Å². The molecular formula is C9H18N4O3. The summed E-state index contributed by atoms with van der Waals surface area (Å²) in [5, 5.41) is 4.55. The third-order valence-electron chi connectivity index (χ3n) is 1.90. The second kappa shape index (κ2) is 6.78. The van der Waals surface area contributed by atoms with E-state index in [1.54, 1.807) is 13.8 Å². The van der Waals surface area contributed by atoms with Crippen LogP contribution in [-0.2, 0) is 14.4 Å². The first-order chi connectivity index (χ1) is 7.40. The lowest BCUT2D eigenvalue weighted by molar-refractivity contribution is -0.140. The summed E-state index contributed by atoms with van der Waals surface area (Å²) in [6, 6.07) is -0.851. The van der Waals surface area contributed by atoms with E-state index < -0.39 is 23.8 Å². The fourth-order valence-electron chi connectivity index (χ4n) is 1.04. The molecule has 0 fully saturated rings. The van der Waals surface area contributed by atoms with Crippen molar-refractivity contribution in [2.45, 2.75) is 19.9 Å². The Morgan fingerprint density at radius 3 is 2.12 bits per heavy atom. The Hall–Kier alpha value is -1.63. The molecule has 3 amide bonds. The quantitative estimate of drug-likeness (QED) is 0.395. The molecule has 0 rings (SSSR count). The van der Waals surface area contributed by atoms with E-state index in [1.807, 2.05) is 0 Å². The Morgan fingerprint density at radius 2 is 1.75 bits per heavy atom. The average Bonchev–Trinajstić information content (AvgIpc) is 2.20. The van der Waals surface area contributed by atoms with Crippen molar-refractivity contribution < 1.29 is 14.4 Å². The number of hydrogen-bond donors (Lipinski definition) is 4. The van der Waals surface area contributed by atoms with Crippen LogP contribution in [0.4, 0.5) is 0 Å². The van der Waals surface area contributed by atoms with Crippen molar-refractivity contribution in [2.24, 2.45) is 17.4 Å². The lowest BCUT2D eigenvalue weighted by Gasteiger charge is -2.18. The molecule has 0 bridgehead atoms. The number of primary amides is 1. The smallest absolute Gasteiger partial charge is 0.309 e. The van der Waals surface area contributed by atoms with Crippen molar-refractivity contribution in [2.75, 3.05) is 13.1 Å². The van der Waals surface area contributed by atoms with Crippen molar-refractivity contribution >= 4 is 17.7 Å². The number of carbonyl (C=O) groups is 3. The molecule has 0 aromatic carbocycles. The van der Waals surface area contributed by atoms with E-state index in [1.165, 1.54) is 0 Å². The third kappa shape index (κ3) is 4.74. The number of nitrogens with two attached hydrogens (primary N) is 2. The zero-order valence-electron chi connectivity index (χ0n) is 9.45. The topological polar surface area (TPSA) is 127 Å². The Balaban J connectivity index is 4.30. The van der Waals surface area contributed by atoms with Crippen molar-refractivity contribution in [1.29, 1.82) is 0 Å². The minimum Gasteiger partial charge on any atom is -0.368 e. The predicted molar refractivity (Wildman–Crippen MR) is 58.0 cm³/mol. The number of hydrogen-bond acceptors (Lipinski definition) is 4. The van der Waals surface area contributed by atoms with Crippen LogP contribution in [0.15, 0.2) is 0 Å². The highest BCUT2D eigenvalue weighted by molar-refractivity contribution is 6.35. The molecular weight excluding hydrogens is 212 g/mol. The highest BCUT2D eigenvalue weighted by Crippen LogP contribution is 2.00. The summed E-state index contributed by atoms with van der Waals surface area (Å²) in [6.07, 6.45) is 0. The van der Waals surface area contributed by atoms with E-state index in [0.29, 0.717) is 0 Å². The molecule has 92 valence electrons. The van der Waals surface area contributed by atoms with Crippen LogP contribution in [0, 0.1) is 5.92 Å². The largest absolute Gasteiger partial charge is 0.368 e. The Labute approximate surface area is 93.9 Å². The van der Waals surface area contributed by atoms with Crippen LogP contribution < -0.4 is 22.1 Å². The van der Waals surface area contributed by atoms with Gasteiger partial charge in [-0.2, -0.15) is 0 Å². The van der Waals surface area contributed by atoms with Gasteiger partial charge in [0.25, 0.3) is 0 Å². The van der Waals surface area contributed by atoms with Crippen molar-refractivity contribution in [3.05, 3.63) is 0 Å². The maximum absolute atomic E-state index is 11.3. The first kappa shape index (κ1) is 14.4. The van der Waals surface area contributed by atoms with Gasteiger partial charge in [0, 0.05) is 13.1 Å². The summed E-state index contributed by atoms with van der Waals surface area (Å²) >= 11 is 0. The zero-order chi connectivity index (χ0) is 12.7. The van der Waals surface area contributed by atoms with E-state index >= 15 is 0 Å². The number of amides is 3. The molecule has 0 aliphatic rings. The van der Waals surface area contributed by atoms with E-state index in [9.17, 15) is 14.4 Å². The van der Waals surface area contributed by atoms with Crippen molar-refractivity contribution in [3.8, 4) is 0 Å². The number of nitrogens with one attached hydrogen (secondary N) is 2. The molecule has 6 N–H and O–H groups in total. The molecule has 7 nitrogen and oxygen atoms in total. The predicted octanol–water partition coefficient (Wildman–Crippen LogP) is -2.31. The Bertz CT molecular complexity index is 278. The Kier molecular flexibility index (Phi) is 6.09. The van der Waals surface area contributed by atoms with Crippen LogP contribution in [0.25, 0.3) is 0 Å². The fraction of sp³-hybridized carbons (Fsp3) is 0.667. The van der Waals surface area contributed by atoms with Gasteiger partial charge in [-0.15, -0.1) is 0 Å². The lowest BCUT2D eigenvalue weighted by Crippen LogP contribution is -2.52. The Morgan fingerprint density at radius 1 is 1.19 bits per heavy atom. The molecule has 0 aliphatic carbocycles. The summed E-state index contributed by atoms with van der Waals surface area (Å²) in [5.74, 6) is -2.55. The van der Waals surface area contributed by atoms with Gasteiger partial charge in [0.1, 0.15) is 6.04 Å².